The lowest BCUT2D eigenvalue weighted by Crippen LogP contribution is -2.71. The highest BCUT2D eigenvalue weighted by atomic mass is 16.7. The molecule has 0 radical (unpaired) electrons. The number of hydrogen-bond acceptors (Lipinski definition) is 13. The van der Waals surface area contributed by atoms with Crippen LogP contribution in [0.5, 0.6) is 34.5 Å². The Kier molecular flexibility index (Phi) is 6.46. The zero-order chi connectivity index (χ0) is 31.1. The van der Waals surface area contributed by atoms with Crippen LogP contribution < -0.4 is 29.0 Å². The van der Waals surface area contributed by atoms with Gasteiger partial charge in [-0.1, -0.05) is 18.2 Å². The SMILES string of the molecule is COc1ccc2c(c1OC)OC1c3c(-c4cccc(O)c4)cc4c(c3OC(O)C21)NCC1(O4)OC(C(=O)O)C(O)C(O)C1O. The van der Waals surface area contributed by atoms with Crippen LogP contribution >= 0.6 is 0 Å². The second-order valence-electron chi connectivity index (χ2n) is 11.0. The molecule has 0 saturated carbocycles. The molecule has 0 amide bonds. The second-order valence-corrected chi connectivity index (χ2v) is 11.0. The molecule has 0 bridgehead atoms. The van der Waals surface area contributed by atoms with Gasteiger partial charge >= 0.3 is 5.97 Å². The molecule has 3 aromatic rings. The molecule has 3 aromatic carbocycles. The fraction of sp³-hybridized carbons (Fsp3) is 0.367. The summed E-state index contributed by atoms with van der Waals surface area (Å²) >= 11 is 0. The number of aliphatic hydroxyl groups is 4. The number of nitrogens with one attached hydrogen (secondary N) is 1. The molecule has 232 valence electrons. The number of fused-ring (bicyclic) bond motifs is 7. The fourth-order valence-electron chi connectivity index (χ4n) is 6.45. The number of carboxylic acids is 1. The second kappa shape index (κ2) is 10.0. The highest BCUT2D eigenvalue weighted by molar-refractivity contribution is 5.84. The van der Waals surface area contributed by atoms with Crippen molar-refractivity contribution in [1.82, 2.24) is 0 Å². The minimum absolute atomic E-state index is 0.0144. The molecule has 0 aliphatic carbocycles. The number of anilines is 1. The molecule has 44 heavy (non-hydrogen) atoms. The van der Waals surface area contributed by atoms with E-state index in [-0.39, 0.29) is 29.5 Å². The number of hydrogen-bond donors (Lipinski definition) is 7. The van der Waals surface area contributed by atoms with Crippen LogP contribution in [0.4, 0.5) is 5.69 Å². The van der Waals surface area contributed by atoms with E-state index in [2.05, 4.69) is 5.32 Å². The number of carboxylic acid groups (broad SMARTS) is 1. The van der Waals surface area contributed by atoms with Crippen LogP contribution in [0.3, 0.4) is 0 Å². The van der Waals surface area contributed by atoms with E-state index in [9.17, 15) is 35.4 Å². The Hall–Kier alpha value is -4.47. The monoisotopic (exact) mass is 611 g/mol. The van der Waals surface area contributed by atoms with E-state index >= 15 is 0 Å². The van der Waals surface area contributed by atoms with Gasteiger partial charge < -0.3 is 64.4 Å². The number of phenols is 1. The summed E-state index contributed by atoms with van der Waals surface area (Å²) in [5.74, 6) is -3.13. The Bertz CT molecular complexity index is 1660. The average Bonchev–Trinajstić information content (AvgIpc) is 3.41. The molecule has 7 rings (SSSR count). The van der Waals surface area contributed by atoms with Crippen molar-refractivity contribution in [1.29, 1.82) is 0 Å². The van der Waals surface area contributed by atoms with Gasteiger partial charge in [-0.3, -0.25) is 0 Å². The summed E-state index contributed by atoms with van der Waals surface area (Å²) < 4.78 is 35.4. The summed E-state index contributed by atoms with van der Waals surface area (Å²) in [6.07, 6.45) is -9.81. The van der Waals surface area contributed by atoms with Gasteiger partial charge in [-0.15, -0.1) is 0 Å². The summed E-state index contributed by atoms with van der Waals surface area (Å²) in [6, 6.07) is 11.4. The minimum atomic E-state index is -2.13. The Morgan fingerprint density at radius 1 is 1.00 bits per heavy atom. The minimum Gasteiger partial charge on any atom is -0.508 e. The topological polar surface area (TPSA) is 206 Å². The molecule has 4 heterocycles. The molecule has 8 atom stereocenters. The standard InChI is InChI=1S/C30H29NO13/c1-39-15-7-6-13-18-24(41-22(13)23(15)40-2)17-14(11-4-3-5-12(32)8-11)9-16-19(25(17)42-29(18)38)31-10-30(43-16)27(35)21(34)20(33)26(44-30)28(36)37/h3-9,18,20-21,24,26-27,29,31-35,38H,10H2,1-2H3,(H,36,37). The average molecular weight is 612 g/mol. The van der Waals surface area contributed by atoms with E-state index < -0.39 is 54.5 Å². The predicted molar refractivity (Wildman–Crippen MR) is 148 cm³/mol. The van der Waals surface area contributed by atoms with Crippen LogP contribution in [0.15, 0.2) is 42.5 Å². The maximum atomic E-state index is 11.8. The lowest BCUT2D eigenvalue weighted by Gasteiger charge is -2.49. The largest absolute Gasteiger partial charge is 0.508 e. The molecule has 1 spiro atoms. The Balaban J connectivity index is 1.40. The van der Waals surface area contributed by atoms with Gasteiger partial charge in [0.25, 0.3) is 5.79 Å². The number of ether oxygens (including phenoxy) is 6. The number of rotatable bonds is 4. The highest BCUT2D eigenvalue weighted by Crippen LogP contribution is 2.62. The van der Waals surface area contributed by atoms with Gasteiger partial charge in [0.05, 0.1) is 26.7 Å². The van der Waals surface area contributed by atoms with E-state index in [0.29, 0.717) is 39.5 Å². The van der Waals surface area contributed by atoms with Crippen molar-refractivity contribution in [3.63, 3.8) is 0 Å². The van der Waals surface area contributed by atoms with E-state index in [4.69, 9.17) is 28.4 Å². The molecule has 14 heteroatoms. The molecule has 14 nitrogen and oxygen atoms in total. The van der Waals surface area contributed by atoms with Crippen molar-refractivity contribution in [3.8, 4) is 45.6 Å². The van der Waals surface area contributed by atoms with Crippen molar-refractivity contribution in [2.45, 2.75) is 48.5 Å². The molecular formula is C30H29NO13. The summed E-state index contributed by atoms with van der Waals surface area (Å²) in [7, 11) is 2.97. The van der Waals surface area contributed by atoms with E-state index in [1.807, 2.05) is 0 Å². The number of aliphatic hydroxyl groups excluding tert-OH is 4. The van der Waals surface area contributed by atoms with Crippen LogP contribution in [0.2, 0.25) is 0 Å². The van der Waals surface area contributed by atoms with Gasteiger partial charge in [0.1, 0.15) is 35.9 Å². The molecule has 0 aromatic heterocycles. The Morgan fingerprint density at radius 2 is 1.80 bits per heavy atom. The first-order valence-electron chi connectivity index (χ1n) is 13.7. The molecule has 1 fully saturated rings. The van der Waals surface area contributed by atoms with Gasteiger partial charge in [-0.25, -0.2) is 4.79 Å². The predicted octanol–water partition coefficient (Wildman–Crippen LogP) is 1.07. The Labute approximate surface area is 249 Å². The van der Waals surface area contributed by atoms with Crippen LogP contribution in [-0.2, 0) is 9.53 Å². The van der Waals surface area contributed by atoms with Gasteiger partial charge in [0.2, 0.25) is 12.0 Å². The number of methoxy groups -OCH3 is 2. The molecule has 1 saturated heterocycles. The van der Waals surface area contributed by atoms with E-state index in [1.165, 1.54) is 26.4 Å². The van der Waals surface area contributed by atoms with E-state index in [1.54, 1.807) is 30.3 Å². The smallest absolute Gasteiger partial charge is 0.335 e. The lowest BCUT2D eigenvalue weighted by molar-refractivity contribution is -0.325. The molecule has 4 aliphatic heterocycles. The van der Waals surface area contributed by atoms with E-state index in [0.717, 1.165) is 0 Å². The van der Waals surface area contributed by atoms with Gasteiger partial charge in [0, 0.05) is 11.1 Å². The van der Waals surface area contributed by atoms with Gasteiger partial charge in [-0.05, 0) is 35.4 Å². The van der Waals surface area contributed by atoms with Crippen molar-refractivity contribution in [2.75, 3.05) is 26.1 Å². The van der Waals surface area contributed by atoms with Crippen molar-refractivity contribution < 1.29 is 63.9 Å². The Morgan fingerprint density at radius 3 is 2.50 bits per heavy atom. The molecule has 8 unspecified atom stereocenters. The van der Waals surface area contributed by atoms with Crippen LogP contribution in [0.25, 0.3) is 11.1 Å². The third-order valence-electron chi connectivity index (χ3n) is 8.53. The van der Waals surface area contributed by atoms with Crippen molar-refractivity contribution in [3.05, 3.63) is 53.6 Å². The third-order valence-corrected chi connectivity index (χ3v) is 8.53. The normalized spacial score (nSPS) is 31.2. The quantitative estimate of drug-likeness (QED) is 0.220. The van der Waals surface area contributed by atoms with Crippen LogP contribution in [0.1, 0.15) is 23.1 Å². The molecular weight excluding hydrogens is 582 g/mol. The van der Waals surface area contributed by atoms with Gasteiger partial charge in [0.15, 0.2) is 29.1 Å². The number of phenolic OH excluding ortho intramolecular Hbond substituents is 1. The zero-order valence-corrected chi connectivity index (χ0v) is 23.3. The van der Waals surface area contributed by atoms with Gasteiger partial charge in [-0.2, -0.15) is 0 Å². The first-order valence-corrected chi connectivity index (χ1v) is 13.7. The lowest BCUT2D eigenvalue weighted by atomic mass is 9.83. The number of benzene rings is 3. The maximum Gasteiger partial charge on any atom is 0.335 e. The number of aliphatic carboxylic acids is 1. The van der Waals surface area contributed by atoms with Crippen LogP contribution in [-0.4, -0.2) is 93.9 Å². The summed E-state index contributed by atoms with van der Waals surface area (Å²) in [5, 5.41) is 66.0. The fourth-order valence-corrected chi connectivity index (χ4v) is 6.45. The van der Waals surface area contributed by atoms with Crippen LogP contribution in [0, 0.1) is 0 Å². The number of aromatic hydroxyl groups is 1. The highest BCUT2D eigenvalue weighted by Gasteiger charge is 2.60. The maximum absolute atomic E-state index is 11.8. The van der Waals surface area contributed by atoms with Crippen molar-refractivity contribution >= 4 is 11.7 Å². The first kappa shape index (κ1) is 28.3. The first-order chi connectivity index (χ1) is 21.1. The number of carbonyl (C=O) groups is 1. The summed E-state index contributed by atoms with van der Waals surface area (Å²) in [5.41, 5.74) is 2.32. The summed E-state index contributed by atoms with van der Waals surface area (Å²) in [4.78, 5) is 11.8. The summed E-state index contributed by atoms with van der Waals surface area (Å²) in [6.45, 7) is -0.369. The zero-order valence-electron chi connectivity index (χ0n) is 23.3. The molecule has 4 aliphatic rings. The third kappa shape index (κ3) is 3.95. The molecule has 7 N–H and O–H groups in total. The van der Waals surface area contributed by atoms with Crippen molar-refractivity contribution in [2.24, 2.45) is 0 Å².